The van der Waals surface area contributed by atoms with Gasteiger partial charge in [0.05, 0.1) is 17.2 Å². The molecule has 2 rings (SSSR count). The average Bonchev–Trinajstić information content (AvgIpc) is 3.07. The van der Waals surface area contributed by atoms with E-state index in [9.17, 15) is 14.9 Å². The Bertz CT molecular complexity index is 821. The number of aryl methyl sites for hydroxylation is 1. The molecule has 1 heterocycles. The Morgan fingerprint density at radius 3 is 2.81 bits per heavy atom. The molecule has 0 bridgehead atoms. The first kappa shape index (κ1) is 19.4. The van der Waals surface area contributed by atoms with Crippen LogP contribution >= 0.6 is 11.3 Å². The lowest BCUT2D eigenvalue weighted by atomic mass is 10.1. The molecule has 0 saturated heterocycles. The summed E-state index contributed by atoms with van der Waals surface area (Å²) in [7, 11) is 0. The first-order valence-electron chi connectivity index (χ1n) is 7.91. The number of nitro groups is 1. The lowest BCUT2D eigenvalue weighted by Crippen LogP contribution is -2.27. The van der Waals surface area contributed by atoms with E-state index >= 15 is 0 Å². The summed E-state index contributed by atoms with van der Waals surface area (Å²) in [4.78, 5) is 27.1. The van der Waals surface area contributed by atoms with Crippen LogP contribution in [0, 0.1) is 17.0 Å². The number of likely N-dealkylation sites (N-methyl/N-ethyl adjacent to an activating group) is 1. The van der Waals surface area contributed by atoms with Crippen LogP contribution in [0.25, 0.3) is 0 Å². The maximum absolute atomic E-state index is 11.0. The van der Waals surface area contributed by atoms with E-state index < -0.39 is 4.92 Å². The highest BCUT2D eigenvalue weighted by atomic mass is 32.1. The van der Waals surface area contributed by atoms with Gasteiger partial charge < -0.3 is 9.64 Å². The number of carbonyl (C=O) groups excluding carboxylic acids is 1. The van der Waals surface area contributed by atoms with E-state index in [1.807, 2.05) is 36.9 Å². The van der Waals surface area contributed by atoms with Gasteiger partial charge in [-0.2, -0.15) is 0 Å². The Hall–Kier alpha value is -2.88. The number of benzene rings is 1. The number of esters is 1. The highest BCUT2D eigenvalue weighted by Gasteiger charge is 2.13. The van der Waals surface area contributed by atoms with Crippen LogP contribution in [-0.2, 0) is 9.53 Å². The summed E-state index contributed by atoms with van der Waals surface area (Å²) in [6, 6.07) is 5.70. The fraction of sp³-hybridized carbons (Fsp3) is 0.375. The fourth-order valence-corrected chi connectivity index (χ4v) is 2.76. The number of hydrogen-bond donors (Lipinski definition) is 0. The molecule has 0 aliphatic heterocycles. The van der Waals surface area contributed by atoms with Crippen molar-refractivity contribution in [3.05, 3.63) is 40.1 Å². The van der Waals surface area contributed by atoms with Crippen molar-refractivity contribution in [2.75, 3.05) is 24.6 Å². The second-order valence-corrected chi connectivity index (χ2v) is 6.34. The monoisotopic (exact) mass is 377 g/mol. The van der Waals surface area contributed by atoms with Crippen molar-refractivity contribution < 1.29 is 14.5 Å². The van der Waals surface area contributed by atoms with Crippen LogP contribution in [-0.4, -0.2) is 35.6 Å². The summed E-state index contributed by atoms with van der Waals surface area (Å²) in [5.41, 5.74) is 2.50. The SMILES string of the molecule is CCN(CCOC(C)=O)c1cc(C)ccc1N=Nc1ncc([N+](=O)[O-])s1. The minimum absolute atomic E-state index is 0.0837. The van der Waals surface area contributed by atoms with Gasteiger partial charge in [0.2, 0.25) is 5.13 Å². The molecule has 9 nitrogen and oxygen atoms in total. The molecule has 0 fully saturated rings. The lowest BCUT2D eigenvalue weighted by Gasteiger charge is -2.24. The van der Waals surface area contributed by atoms with Crippen LogP contribution in [0.1, 0.15) is 19.4 Å². The first-order chi connectivity index (χ1) is 12.4. The minimum atomic E-state index is -0.512. The third-order valence-corrected chi connectivity index (χ3v) is 4.26. The molecule has 1 aromatic carbocycles. The summed E-state index contributed by atoms with van der Waals surface area (Å²) >= 11 is 0.859. The van der Waals surface area contributed by atoms with Gasteiger partial charge in [-0.3, -0.25) is 14.9 Å². The number of carbonyl (C=O) groups is 1. The van der Waals surface area contributed by atoms with Gasteiger partial charge in [-0.1, -0.05) is 6.07 Å². The van der Waals surface area contributed by atoms with Crippen molar-refractivity contribution >= 4 is 38.8 Å². The Balaban J connectivity index is 2.23. The molecular weight excluding hydrogens is 358 g/mol. The summed E-state index contributed by atoms with van der Waals surface area (Å²) < 4.78 is 5.01. The van der Waals surface area contributed by atoms with Crippen LogP contribution in [0.3, 0.4) is 0 Å². The molecule has 0 aliphatic carbocycles. The third-order valence-electron chi connectivity index (χ3n) is 3.42. The smallest absolute Gasteiger partial charge is 0.345 e. The van der Waals surface area contributed by atoms with Gasteiger partial charge in [-0.15, -0.1) is 10.2 Å². The number of hydrogen-bond acceptors (Lipinski definition) is 9. The van der Waals surface area contributed by atoms with Crippen molar-refractivity contribution in [1.82, 2.24) is 4.98 Å². The molecule has 0 aliphatic rings. The topological polar surface area (TPSA) is 110 Å². The van der Waals surface area contributed by atoms with Crippen LogP contribution in [0.5, 0.6) is 0 Å². The van der Waals surface area contributed by atoms with Crippen molar-refractivity contribution in [2.24, 2.45) is 10.2 Å². The van der Waals surface area contributed by atoms with Gasteiger partial charge in [0.15, 0.2) is 0 Å². The molecule has 10 heteroatoms. The molecule has 26 heavy (non-hydrogen) atoms. The van der Waals surface area contributed by atoms with Crippen LogP contribution in [0.4, 0.5) is 21.5 Å². The number of azo groups is 1. The van der Waals surface area contributed by atoms with E-state index in [1.165, 1.54) is 6.92 Å². The number of rotatable bonds is 8. The van der Waals surface area contributed by atoms with E-state index in [0.717, 1.165) is 28.8 Å². The summed E-state index contributed by atoms with van der Waals surface area (Å²) in [5.74, 6) is -0.324. The van der Waals surface area contributed by atoms with Crippen molar-refractivity contribution in [3.63, 3.8) is 0 Å². The van der Waals surface area contributed by atoms with Gasteiger partial charge in [-0.05, 0) is 42.9 Å². The van der Waals surface area contributed by atoms with Crippen LogP contribution < -0.4 is 4.90 Å². The molecule has 2 aromatic rings. The fourth-order valence-electron chi connectivity index (χ4n) is 2.20. The van der Waals surface area contributed by atoms with Gasteiger partial charge in [-0.25, -0.2) is 4.98 Å². The Kier molecular flexibility index (Phi) is 6.73. The number of ether oxygens (including phenoxy) is 1. The Morgan fingerprint density at radius 2 is 2.19 bits per heavy atom. The molecule has 138 valence electrons. The molecule has 0 unspecified atom stereocenters. The van der Waals surface area contributed by atoms with Gasteiger partial charge >= 0.3 is 11.0 Å². The standard InChI is InChI=1S/C16H19N5O4S/c1-4-20(7-8-25-12(3)22)14-9-11(2)5-6-13(14)18-19-16-17-10-15(26-16)21(23)24/h5-6,9-10H,4,7-8H2,1-3H3. The number of thiazole rings is 1. The maximum Gasteiger partial charge on any atom is 0.345 e. The maximum atomic E-state index is 11.0. The van der Waals surface area contributed by atoms with Gasteiger partial charge in [0.1, 0.15) is 18.5 Å². The largest absolute Gasteiger partial charge is 0.464 e. The van der Waals surface area contributed by atoms with Crippen LogP contribution in [0.15, 0.2) is 34.6 Å². The quantitative estimate of drug-likeness (QED) is 0.295. The van der Waals surface area contributed by atoms with E-state index in [4.69, 9.17) is 4.74 Å². The van der Waals surface area contributed by atoms with E-state index in [-0.39, 0.29) is 22.7 Å². The molecule has 0 atom stereocenters. The van der Waals surface area contributed by atoms with Gasteiger partial charge in [0, 0.05) is 13.5 Å². The lowest BCUT2D eigenvalue weighted by molar-refractivity contribution is -0.380. The summed E-state index contributed by atoms with van der Waals surface area (Å²) in [6.07, 6.45) is 1.16. The second kappa shape index (κ2) is 8.99. The van der Waals surface area contributed by atoms with E-state index in [1.54, 1.807) is 0 Å². The minimum Gasteiger partial charge on any atom is -0.464 e. The number of aromatic nitrogens is 1. The number of anilines is 1. The molecule has 0 amide bonds. The van der Waals surface area contributed by atoms with Crippen LogP contribution in [0.2, 0.25) is 0 Å². The summed E-state index contributed by atoms with van der Waals surface area (Å²) in [5, 5.41) is 19.1. The zero-order valence-electron chi connectivity index (χ0n) is 14.7. The molecule has 0 spiro atoms. The molecule has 1 aromatic heterocycles. The predicted molar refractivity (Wildman–Crippen MR) is 98.6 cm³/mol. The van der Waals surface area contributed by atoms with Crippen molar-refractivity contribution in [1.29, 1.82) is 0 Å². The zero-order chi connectivity index (χ0) is 19.1. The molecule has 0 radical (unpaired) electrons. The Labute approximate surface area is 154 Å². The van der Waals surface area contributed by atoms with Gasteiger partial charge in [0.25, 0.3) is 0 Å². The highest BCUT2D eigenvalue weighted by molar-refractivity contribution is 7.18. The second-order valence-electron chi connectivity index (χ2n) is 5.35. The third kappa shape index (κ3) is 5.31. The van der Waals surface area contributed by atoms with Crippen molar-refractivity contribution in [2.45, 2.75) is 20.8 Å². The normalized spacial score (nSPS) is 10.9. The molecular formula is C16H19N5O4S. The first-order valence-corrected chi connectivity index (χ1v) is 8.73. The molecule has 0 saturated carbocycles. The zero-order valence-corrected chi connectivity index (χ0v) is 15.5. The Morgan fingerprint density at radius 1 is 1.42 bits per heavy atom. The molecule has 0 N–H and O–H groups in total. The van der Waals surface area contributed by atoms with Crippen molar-refractivity contribution in [3.8, 4) is 0 Å². The highest BCUT2D eigenvalue weighted by Crippen LogP contribution is 2.33. The average molecular weight is 377 g/mol. The number of nitrogens with zero attached hydrogens (tertiary/aromatic N) is 5. The van der Waals surface area contributed by atoms with E-state index in [2.05, 4.69) is 15.2 Å². The summed E-state index contributed by atoms with van der Waals surface area (Å²) in [6.45, 7) is 6.80. The van der Waals surface area contributed by atoms with E-state index in [0.29, 0.717) is 18.8 Å². The predicted octanol–water partition coefficient (Wildman–Crippen LogP) is 4.16.